The van der Waals surface area contributed by atoms with Gasteiger partial charge < -0.3 is 0 Å². The van der Waals surface area contributed by atoms with Crippen LogP contribution >= 0.6 is 0 Å². The maximum absolute atomic E-state index is 10.1. The molecule has 0 fully saturated rings. The molecule has 0 unspecified atom stereocenters. The molecular weight excluding hydrogens is 166 g/mol. The van der Waals surface area contributed by atoms with Crippen LogP contribution in [0.25, 0.3) is 6.08 Å². The second-order valence-electron chi connectivity index (χ2n) is 2.96. The molecule has 0 N–H and O–H groups in total. The fraction of sp³-hybridized carbons (Fsp3) is 0.200. The van der Waals surface area contributed by atoms with Crippen LogP contribution in [0, 0.1) is 24.0 Å². The molecule has 1 aromatic carbocycles. The average Bonchev–Trinajstić information content (AvgIpc) is 2.02. The maximum atomic E-state index is 10.1. The van der Waals surface area contributed by atoms with Crippen molar-refractivity contribution in [1.82, 2.24) is 0 Å². The fourth-order valence-corrected chi connectivity index (χ4v) is 1.15. The van der Waals surface area contributed by atoms with E-state index in [0.717, 1.165) is 22.9 Å². The number of hydrogen-bond donors (Lipinski definition) is 0. The number of rotatable bonds is 2. The number of nitro groups is 1. The molecule has 0 heterocycles. The number of benzene rings is 1. The van der Waals surface area contributed by atoms with Gasteiger partial charge in [0.05, 0.1) is 4.92 Å². The largest absolute Gasteiger partial charge is 0.259 e. The molecule has 0 aliphatic rings. The smallest absolute Gasteiger partial charge is 0.235 e. The van der Waals surface area contributed by atoms with Crippen molar-refractivity contribution in [3.05, 3.63) is 51.2 Å². The topological polar surface area (TPSA) is 43.1 Å². The van der Waals surface area contributed by atoms with Crippen molar-refractivity contribution >= 4 is 6.08 Å². The number of hydrogen-bond acceptors (Lipinski definition) is 2. The Labute approximate surface area is 76.9 Å². The first-order chi connectivity index (χ1) is 6.09. The Kier molecular flexibility index (Phi) is 2.80. The highest BCUT2D eigenvalue weighted by atomic mass is 16.6. The van der Waals surface area contributed by atoms with Crippen molar-refractivity contribution in [3.63, 3.8) is 0 Å². The lowest BCUT2D eigenvalue weighted by atomic mass is 10.1. The summed E-state index contributed by atoms with van der Waals surface area (Å²) >= 11 is 0. The molecule has 1 rings (SSSR count). The Morgan fingerprint density at radius 2 is 2.08 bits per heavy atom. The first kappa shape index (κ1) is 9.45. The van der Waals surface area contributed by atoms with E-state index in [9.17, 15) is 10.1 Å². The van der Waals surface area contributed by atoms with E-state index in [4.69, 9.17) is 0 Å². The first-order valence-electron chi connectivity index (χ1n) is 3.98. The summed E-state index contributed by atoms with van der Waals surface area (Å²) in [5.74, 6) is 0. The molecule has 0 spiro atoms. The van der Waals surface area contributed by atoms with Crippen LogP contribution in [0.2, 0.25) is 0 Å². The lowest BCUT2D eigenvalue weighted by Crippen LogP contribution is -1.85. The highest BCUT2D eigenvalue weighted by Crippen LogP contribution is 2.11. The molecule has 1 aromatic rings. The van der Waals surface area contributed by atoms with Gasteiger partial charge in [0.15, 0.2) is 0 Å². The Morgan fingerprint density at radius 1 is 1.38 bits per heavy atom. The van der Waals surface area contributed by atoms with E-state index in [1.54, 1.807) is 0 Å². The quantitative estimate of drug-likeness (QED) is 0.514. The first-order valence-corrected chi connectivity index (χ1v) is 3.98. The predicted octanol–water partition coefficient (Wildman–Crippen LogP) is 2.55. The van der Waals surface area contributed by atoms with E-state index in [1.807, 2.05) is 32.0 Å². The van der Waals surface area contributed by atoms with Crippen LogP contribution in [0.4, 0.5) is 0 Å². The molecule has 0 aliphatic carbocycles. The van der Waals surface area contributed by atoms with E-state index < -0.39 is 4.92 Å². The zero-order chi connectivity index (χ0) is 9.84. The predicted molar refractivity (Wildman–Crippen MR) is 51.9 cm³/mol. The van der Waals surface area contributed by atoms with Gasteiger partial charge in [-0.05, 0) is 25.0 Å². The van der Waals surface area contributed by atoms with Gasteiger partial charge in [-0.3, -0.25) is 10.1 Å². The summed E-state index contributed by atoms with van der Waals surface area (Å²) in [6.07, 6.45) is 2.46. The number of nitrogens with zero attached hydrogens (tertiary/aromatic N) is 1. The van der Waals surface area contributed by atoms with Crippen LogP contribution < -0.4 is 0 Å². The van der Waals surface area contributed by atoms with Crippen molar-refractivity contribution < 1.29 is 4.92 Å². The van der Waals surface area contributed by atoms with Crippen molar-refractivity contribution in [2.24, 2.45) is 0 Å². The molecule has 0 saturated heterocycles. The summed E-state index contributed by atoms with van der Waals surface area (Å²) in [7, 11) is 0. The maximum Gasteiger partial charge on any atom is 0.235 e. The van der Waals surface area contributed by atoms with Gasteiger partial charge in [0.25, 0.3) is 0 Å². The summed E-state index contributed by atoms with van der Waals surface area (Å²) in [4.78, 5) is 9.61. The highest BCUT2D eigenvalue weighted by Gasteiger charge is 1.95. The van der Waals surface area contributed by atoms with Gasteiger partial charge in [-0.15, -0.1) is 0 Å². The van der Waals surface area contributed by atoms with E-state index in [1.165, 1.54) is 6.08 Å². The molecule has 0 aliphatic heterocycles. The Hall–Kier alpha value is -1.64. The molecule has 3 heteroatoms. The van der Waals surface area contributed by atoms with E-state index in [0.29, 0.717) is 0 Å². The molecule has 13 heavy (non-hydrogen) atoms. The van der Waals surface area contributed by atoms with Crippen LogP contribution in [0.1, 0.15) is 16.7 Å². The fourth-order valence-electron chi connectivity index (χ4n) is 1.15. The van der Waals surface area contributed by atoms with Crippen molar-refractivity contribution in [3.8, 4) is 0 Å². The molecule has 3 nitrogen and oxygen atoms in total. The second-order valence-corrected chi connectivity index (χ2v) is 2.96. The van der Waals surface area contributed by atoms with Crippen molar-refractivity contribution in [1.29, 1.82) is 0 Å². The van der Waals surface area contributed by atoms with Gasteiger partial charge in [-0.1, -0.05) is 23.8 Å². The highest BCUT2D eigenvalue weighted by molar-refractivity contribution is 5.53. The summed E-state index contributed by atoms with van der Waals surface area (Å²) in [5.41, 5.74) is 3.11. The van der Waals surface area contributed by atoms with E-state index in [-0.39, 0.29) is 0 Å². The molecule has 0 aromatic heterocycles. The minimum absolute atomic E-state index is 0.459. The summed E-state index contributed by atoms with van der Waals surface area (Å²) in [6.45, 7) is 3.93. The zero-order valence-corrected chi connectivity index (χ0v) is 7.65. The van der Waals surface area contributed by atoms with Gasteiger partial charge in [0.1, 0.15) is 0 Å². The van der Waals surface area contributed by atoms with Crippen molar-refractivity contribution in [2.75, 3.05) is 0 Å². The lowest BCUT2D eigenvalue weighted by molar-refractivity contribution is -0.400. The van der Waals surface area contributed by atoms with Crippen LogP contribution in [-0.4, -0.2) is 4.92 Å². The normalized spacial score (nSPS) is 10.6. The minimum atomic E-state index is -0.459. The minimum Gasteiger partial charge on any atom is -0.259 e. The van der Waals surface area contributed by atoms with Crippen LogP contribution in [0.15, 0.2) is 24.4 Å². The Bertz CT molecular complexity index is 356. The monoisotopic (exact) mass is 177 g/mol. The third-order valence-electron chi connectivity index (χ3n) is 1.80. The zero-order valence-electron chi connectivity index (χ0n) is 7.65. The molecule has 0 atom stereocenters. The molecular formula is C10H11NO2. The molecule has 0 amide bonds. The molecule has 0 bridgehead atoms. The third-order valence-corrected chi connectivity index (χ3v) is 1.80. The molecule has 0 saturated carbocycles. The number of aryl methyl sites for hydroxylation is 2. The van der Waals surface area contributed by atoms with Gasteiger partial charge in [-0.2, -0.15) is 0 Å². The van der Waals surface area contributed by atoms with Crippen LogP contribution in [0.5, 0.6) is 0 Å². The molecule has 0 radical (unpaired) electrons. The Morgan fingerprint density at radius 3 is 2.62 bits per heavy atom. The average molecular weight is 177 g/mol. The van der Waals surface area contributed by atoms with Gasteiger partial charge >= 0.3 is 0 Å². The standard InChI is InChI=1S/C10H11NO2/c1-8-3-4-10(9(2)7-8)5-6-11(12)13/h3-7H,1-2H3/b6-5+. The summed E-state index contributed by atoms with van der Waals surface area (Å²) in [5, 5.41) is 10.1. The van der Waals surface area contributed by atoms with Crippen molar-refractivity contribution in [2.45, 2.75) is 13.8 Å². The van der Waals surface area contributed by atoms with E-state index in [2.05, 4.69) is 0 Å². The summed E-state index contributed by atoms with van der Waals surface area (Å²) < 4.78 is 0. The van der Waals surface area contributed by atoms with Crippen LogP contribution in [-0.2, 0) is 0 Å². The Balaban J connectivity index is 2.96. The summed E-state index contributed by atoms with van der Waals surface area (Å²) in [6, 6.07) is 5.82. The third kappa shape index (κ3) is 2.71. The second kappa shape index (κ2) is 3.85. The van der Waals surface area contributed by atoms with Gasteiger partial charge in [-0.25, -0.2) is 0 Å². The molecule has 68 valence electrons. The lowest BCUT2D eigenvalue weighted by Gasteiger charge is -1.99. The van der Waals surface area contributed by atoms with Gasteiger partial charge in [0, 0.05) is 6.08 Å². The van der Waals surface area contributed by atoms with Gasteiger partial charge in [0.2, 0.25) is 6.20 Å². The van der Waals surface area contributed by atoms with Crippen LogP contribution in [0.3, 0.4) is 0 Å². The SMILES string of the molecule is Cc1ccc(/C=C/[N+](=O)[O-])c(C)c1. The van der Waals surface area contributed by atoms with E-state index >= 15 is 0 Å².